The number of ether oxygens (including phenoxy) is 1. The number of carbonyl (C=O) groups excluding carboxylic acids is 1. The zero-order chi connectivity index (χ0) is 17.0. The van der Waals surface area contributed by atoms with E-state index in [0.717, 1.165) is 18.5 Å². The molecule has 8 nitrogen and oxygen atoms in total. The molecule has 1 aliphatic heterocycles. The Bertz CT molecular complexity index is 656. The molecule has 1 N–H and O–H groups in total. The Morgan fingerprint density at radius 3 is 2.91 bits per heavy atom. The summed E-state index contributed by atoms with van der Waals surface area (Å²) in [5.74, 6) is -0.234. The van der Waals surface area contributed by atoms with Crippen LogP contribution in [-0.4, -0.2) is 67.0 Å². The van der Waals surface area contributed by atoms with E-state index in [-0.39, 0.29) is 25.1 Å². The van der Waals surface area contributed by atoms with Crippen molar-refractivity contribution in [3.05, 3.63) is 17.5 Å². The van der Waals surface area contributed by atoms with Crippen LogP contribution in [0.15, 0.2) is 6.07 Å². The fraction of sp³-hybridized carbons (Fsp3) is 0.714. The highest BCUT2D eigenvalue weighted by atomic mass is 32.2. The van der Waals surface area contributed by atoms with Crippen LogP contribution >= 0.6 is 0 Å². The lowest BCUT2D eigenvalue weighted by Crippen LogP contribution is -2.49. The predicted octanol–water partition coefficient (Wildman–Crippen LogP) is -0.237. The van der Waals surface area contributed by atoms with Crippen LogP contribution < -0.4 is 5.32 Å². The molecule has 1 aromatic heterocycles. The summed E-state index contributed by atoms with van der Waals surface area (Å²) < 4.78 is 31.6. The van der Waals surface area contributed by atoms with Crippen LogP contribution in [0.5, 0.6) is 0 Å². The molecule has 1 fully saturated rings. The highest BCUT2D eigenvalue weighted by Crippen LogP contribution is 2.09. The average molecular weight is 344 g/mol. The third-order valence-corrected chi connectivity index (χ3v) is 5.00. The van der Waals surface area contributed by atoms with Crippen LogP contribution in [0.1, 0.15) is 29.5 Å². The lowest BCUT2D eigenvalue weighted by Gasteiger charge is -2.31. The van der Waals surface area contributed by atoms with Gasteiger partial charge >= 0.3 is 0 Å². The van der Waals surface area contributed by atoms with E-state index in [1.54, 1.807) is 17.8 Å². The van der Waals surface area contributed by atoms with Crippen molar-refractivity contribution in [3.8, 4) is 0 Å². The SMILES string of the molecule is CCCc1cc(C(=O)NC[C@@H]2CN(S(C)(=O)=O)CCO2)n(C)n1. The Kier molecular flexibility index (Phi) is 5.77. The van der Waals surface area contributed by atoms with E-state index in [4.69, 9.17) is 4.74 Å². The summed E-state index contributed by atoms with van der Waals surface area (Å²) in [5.41, 5.74) is 1.38. The van der Waals surface area contributed by atoms with Crippen LogP contribution in [-0.2, 0) is 28.2 Å². The second kappa shape index (κ2) is 7.41. The van der Waals surface area contributed by atoms with E-state index in [9.17, 15) is 13.2 Å². The molecule has 0 bridgehead atoms. The van der Waals surface area contributed by atoms with Crippen molar-refractivity contribution < 1.29 is 17.9 Å². The van der Waals surface area contributed by atoms with Crippen LogP contribution in [0, 0.1) is 0 Å². The van der Waals surface area contributed by atoms with Gasteiger partial charge in [-0.3, -0.25) is 9.48 Å². The van der Waals surface area contributed by atoms with Crippen molar-refractivity contribution in [2.24, 2.45) is 7.05 Å². The molecule has 2 rings (SSSR count). The van der Waals surface area contributed by atoms with Crippen molar-refractivity contribution in [2.45, 2.75) is 25.9 Å². The maximum absolute atomic E-state index is 12.2. The summed E-state index contributed by atoms with van der Waals surface area (Å²) >= 11 is 0. The van der Waals surface area contributed by atoms with E-state index in [2.05, 4.69) is 17.3 Å². The summed E-state index contributed by atoms with van der Waals surface area (Å²) in [4.78, 5) is 12.2. The van der Waals surface area contributed by atoms with Crippen LogP contribution in [0.25, 0.3) is 0 Å². The second-order valence-electron chi connectivity index (χ2n) is 5.72. The Hall–Kier alpha value is -1.45. The first-order valence-electron chi connectivity index (χ1n) is 7.69. The fourth-order valence-electron chi connectivity index (χ4n) is 2.53. The minimum absolute atomic E-state index is 0.234. The van der Waals surface area contributed by atoms with Gasteiger partial charge < -0.3 is 10.1 Å². The zero-order valence-corrected chi connectivity index (χ0v) is 14.6. The van der Waals surface area contributed by atoms with E-state index >= 15 is 0 Å². The van der Waals surface area contributed by atoms with Gasteiger partial charge in [0.1, 0.15) is 5.69 Å². The second-order valence-corrected chi connectivity index (χ2v) is 7.70. The summed E-state index contributed by atoms with van der Waals surface area (Å²) in [5, 5.41) is 7.09. The molecule has 1 aromatic rings. The predicted molar refractivity (Wildman–Crippen MR) is 85.7 cm³/mol. The highest BCUT2D eigenvalue weighted by molar-refractivity contribution is 7.88. The van der Waals surface area contributed by atoms with Crippen molar-refractivity contribution in [1.82, 2.24) is 19.4 Å². The molecule has 0 spiro atoms. The van der Waals surface area contributed by atoms with Crippen LogP contribution in [0.2, 0.25) is 0 Å². The van der Waals surface area contributed by atoms with Gasteiger partial charge in [0.25, 0.3) is 5.91 Å². The minimum atomic E-state index is -3.23. The maximum Gasteiger partial charge on any atom is 0.269 e. The number of hydrogen-bond donors (Lipinski definition) is 1. The molecule has 130 valence electrons. The molecule has 9 heteroatoms. The van der Waals surface area contributed by atoms with Gasteiger partial charge in [-0.2, -0.15) is 9.40 Å². The van der Waals surface area contributed by atoms with Gasteiger partial charge in [-0.1, -0.05) is 13.3 Å². The number of hydrogen-bond acceptors (Lipinski definition) is 5. The monoisotopic (exact) mass is 344 g/mol. The van der Waals surface area contributed by atoms with Gasteiger partial charge in [-0.25, -0.2) is 8.42 Å². The molecular weight excluding hydrogens is 320 g/mol. The molecule has 0 aliphatic carbocycles. The number of carbonyl (C=O) groups is 1. The molecule has 0 radical (unpaired) electrons. The van der Waals surface area contributed by atoms with Crippen molar-refractivity contribution in [2.75, 3.05) is 32.5 Å². The van der Waals surface area contributed by atoms with Gasteiger partial charge in [0.05, 0.1) is 24.7 Å². The molecule has 23 heavy (non-hydrogen) atoms. The summed E-state index contributed by atoms with van der Waals surface area (Å²) in [7, 11) is -1.50. The number of amides is 1. The molecular formula is C14H24N4O4S. The first-order chi connectivity index (χ1) is 10.8. The van der Waals surface area contributed by atoms with Gasteiger partial charge in [0.2, 0.25) is 10.0 Å². The molecule has 2 heterocycles. The maximum atomic E-state index is 12.2. The standard InChI is InChI=1S/C14H24N4O4S/c1-4-5-11-8-13(17(2)16-11)14(19)15-9-12-10-18(6-7-22-12)23(3,20)21/h8,12H,4-7,9-10H2,1-3H3,(H,15,19)/t12-/m1/s1. The van der Waals surface area contributed by atoms with E-state index < -0.39 is 10.0 Å². The summed E-state index contributed by atoms with van der Waals surface area (Å²) in [6.45, 7) is 3.26. The summed E-state index contributed by atoms with van der Waals surface area (Å²) in [6.07, 6.45) is 2.63. The normalized spacial score (nSPS) is 19.7. The number of aromatic nitrogens is 2. The Labute approximate surface area is 136 Å². The third kappa shape index (κ3) is 4.76. The smallest absolute Gasteiger partial charge is 0.269 e. The van der Waals surface area contributed by atoms with E-state index in [0.29, 0.717) is 18.8 Å². The van der Waals surface area contributed by atoms with Gasteiger partial charge in [0, 0.05) is 26.7 Å². The minimum Gasteiger partial charge on any atom is -0.374 e. The molecule has 0 saturated carbocycles. The third-order valence-electron chi connectivity index (χ3n) is 3.73. The number of morpholine rings is 1. The van der Waals surface area contributed by atoms with E-state index in [1.165, 1.54) is 10.6 Å². The van der Waals surface area contributed by atoms with Crippen LogP contribution in [0.3, 0.4) is 0 Å². The van der Waals surface area contributed by atoms with E-state index in [1.807, 2.05) is 0 Å². The average Bonchev–Trinajstić information content (AvgIpc) is 2.85. The number of nitrogens with one attached hydrogen (secondary N) is 1. The van der Waals surface area contributed by atoms with Gasteiger partial charge in [-0.05, 0) is 12.5 Å². The quantitative estimate of drug-likeness (QED) is 0.769. The number of aryl methyl sites for hydroxylation is 2. The number of nitrogens with zero attached hydrogens (tertiary/aromatic N) is 3. The Morgan fingerprint density at radius 2 is 2.26 bits per heavy atom. The fourth-order valence-corrected chi connectivity index (χ4v) is 3.37. The first kappa shape index (κ1) is 17.9. The Morgan fingerprint density at radius 1 is 1.52 bits per heavy atom. The molecule has 1 atom stereocenters. The molecule has 1 saturated heterocycles. The van der Waals surface area contributed by atoms with Crippen molar-refractivity contribution in [1.29, 1.82) is 0 Å². The number of rotatable bonds is 6. The molecule has 1 amide bonds. The largest absolute Gasteiger partial charge is 0.374 e. The van der Waals surface area contributed by atoms with Gasteiger partial charge in [-0.15, -0.1) is 0 Å². The molecule has 0 aromatic carbocycles. The lowest BCUT2D eigenvalue weighted by atomic mass is 10.2. The highest BCUT2D eigenvalue weighted by Gasteiger charge is 2.27. The topological polar surface area (TPSA) is 93.5 Å². The van der Waals surface area contributed by atoms with Crippen LogP contribution in [0.4, 0.5) is 0 Å². The molecule has 1 aliphatic rings. The van der Waals surface area contributed by atoms with Gasteiger partial charge in [0.15, 0.2) is 0 Å². The number of sulfonamides is 1. The zero-order valence-electron chi connectivity index (χ0n) is 13.8. The molecule has 0 unspecified atom stereocenters. The lowest BCUT2D eigenvalue weighted by molar-refractivity contribution is 0.000389. The van der Waals surface area contributed by atoms with Crippen molar-refractivity contribution in [3.63, 3.8) is 0 Å². The first-order valence-corrected chi connectivity index (χ1v) is 9.54. The van der Waals surface area contributed by atoms with Crippen molar-refractivity contribution >= 4 is 15.9 Å². The summed E-state index contributed by atoms with van der Waals surface area (Å²) in [6, 6.07) is 1.78. The Balaban J connectivity index is 1.91.